The Morgan fingerprint density at radius 3 is 2.90 bits per heavy atom. The highest BCUT2D eigenvalue weighted by molar-refractivity contribution is 6.04. The number of carbonyl (C=O) groups excluding carboxylic acids is 1. The van der Waals surface area contributed by atoms with Gasteiger partial charge in [-0.05, 0) is 25.1 Å². The van der Waals surface area contributed by atoms with Crippen LogP contribution in [0.25, 0.3) is 0 Å². The molecule has 20 heavy (non-hydrogen) atoms. The SMILES string of the molecule is Cc1ncoc1C(=O)Nc1ccc(F)c(/C(N)=N/O)c1. The van der Waals surface area contributed by atoms with E-state index >= 15 is 0 Å². The third kappa shape index (κ3) is 2.58. The minimum absolute atomic E-state index is 0.0553. The zero-order valence-electron chi connectivity index (χ0n) is 10.4. The van der Waals surface area contributed by atoms with Crippen LogP contribution in [0.15, 0.2) is 34.2 Å². The molecule has 7 nitrogen and oxygen atoms in total. The normalized spacial score (nSPS) is 11.4. The number of nitrogens with one attached hydrogen (secondary N) is 1. The summed E-state index contributed by atoms with van der Waals surface area (Å²) in [5.74, 6) is -1.54. The van der Waals surface area contributed by atoms with Crippen LogP contribution in [-0.4, -0.2) is 21.9 Å². The van der Waals surface area contributed by atoms with Crippen LogP contribution in [0.2, 0.25) is 0 Å². The Kier molecular flexibility index (Phi) is 3.65. The number of halogens is 1. The maximum absolute atomic E-state index is 13.5. The van der Waals surface area contributed by atoms with Gasteiger partial charge in [0.25, 0.3) is 5.91 Å². The van der Waals surface area contributed by atoms with Gasteiger partial charge in [-0.2, -0.15) is 0 Å². The number of hydrogen-bond donors (Lipinski definition) is 3. The van der Waals surface area contributed by atoms with Crippen LogP contribution in [0.1, 0.15) is 21.8 Å². The molecule has 0 radical (unpaired) electrons. The number of anilines is 1. The predicted molar refractivity (Wildman–Crippen MR) is 68.1 cm³/mol. The fourth-order valence-electron chi connectivity index (χ4n) is 1.56. The first-order valence-corrected chi connectivity index (χ1v) is 5.52. The number of aryl methyl sites for hydroxylation is 1. The Morgan fingerprint density at radius 1 is 1.55 bits per heavy atom. The highest BCUT2D eigenvalue weighted by atomic mass is 19.1. The maximum atomic E-state index is 13.5. The molecule has 0 saturated heterocycles. The molecule has 2 aromatic rings. The van der Waals surface area contributed by atoms with Crippen LogP contribution < -0.4 is 11.1 Å². The summed E-state index contributed by atoms with van der Waals surface area (Å²) in [5.41, 5.74) is 5.91. The number of hydrogen-bond acceptors (Lipinski definition) is 5. The van der Waals surface area contributed by atoms with Crippen molar-refractivity contribution in [2.75, 3.05) is 5.32 Å². The number of nitrogens with zero attached hydrogens (tertiary/aromatic N) is 2. The molecule has 0 saturated carbocycles. The average molecular weight is 278 g/mol. The Hall–Kier alpha value is -2.90. The highest BCUT2D eigenvalue weighted by Gasteiger charge is 2.15. The molecule has 0 unspecified atom stereocenters. The van der Waals surface area contributed by atoms with Crippen molar-refractivity contribution in [2.24, 2.45) is 10.9 Å². The van der Waals surface area contributed by atoms with Crippen LogP contribution >= 0.6 is 0 Å². The molecule has 2 rings (SSSR count). The van der Waals surface area contributed by atoms with Gasteiger partial charge in [0, 0.05) is 5.69 Å². The van der Waals surface area contributed by atoms with E-state index in [9.17, 15) is 9.18 Å². The highest BCUT2D eigenvalue weighted by Crippen LogP contribution is 2.16. The van der Waals surface area contributed by atoms with Crippen molar-refractivity contribution in [3.8, 4) is 0 Å². The van der Waals surface area contributed by atoms with E-state index in [-0.39, 0.29) is 17.0 Å². The molecular formula is C12H11FN4O3. The average Bonchev–Trinajstić information content (AvgIpc) is 2.86. The van der Waals surface area contributed by atoms with E-state index in [0.717, 1.165) is 12.5 Å². The van der Waals surface area contributed by atoms with E-state index in [1.165, 1.54) is 12.1 Å². The van der Waals surface area contributed by atoms with Gasteiger partial charge in [-0.3, -0.25) is 4.79 Å². The van der Waals surface area contributed by atoms with Crippen LogP contribution in [-0.2, 0) is 0 Å². The summed E-state index contributed by atoms with van der Waals surface area (Å²) in [4.78, 5) is 15.7. The second-order valence-corrected chi connectivity index (χ2v) is 3.90. The molecule has 4 N–H and O–H groups in total. The van der Waals surface area contributed by atoms with Crippen molar-refractivity contribution in [3.63, 3.8) is 0 Å². The number of benzene rings is 1. The molecule has 1 heterocycles. The van der Waals surface area contributed by atoms with Crippen molar-refractivity contribution in [1.82, 2.24) is 4.98 Å². The van der Waals surface area contributed by atoms with E-state index in [1.54, 1.807) is 6.92 Å². The van der Waals surface area contributed by atoms with Crippen molar-refractivity contribution in [3.05, 3.63) is 47.4 Å². The number of oxazole rings is 1. The van der Waals surface area contributed by atoms with Crippen LogP contribution in [0.4, 0.5) is 10.1 Å². The molecule has 0 spiro atoms. The lowest BCUT2D eigenvalue weighted by atomic mass is 10.1. The van der Waals surface area contributed by atoms with Crippen molar-refractivity contribution < 1.29 is 18.8 Å². The molecule has 0 aliphatic carbocycles. The van der Waals surface area contributed by atoms with Gasteiger partial charge >= 0.3 is 0 Å². The van der Waals surface area contributed by atoms with Gasteiger partial charge in [-0.25, -0.2) is 9.37 Å². The predicted octanol–water partition coefficient (Wildman–Crippen LogP) is 1.47. The van der Waals surface area contributed by atoms with Crippen LogP contribution in [0.3, 0.4) is 0 Å². The molecule has 1 amide bonds. The number of oxime groups is 1. The minimum atomic E-state index is -0.672. The molecule has 0 atom stereocenters. The van der Waals surface area contributed by atoms with Gasteiger partial charge in [0.2, 0.25) is 5.76 Å². The smallest absolute Gasteiger partial charge is 0.293 e. The summed E-state index contributed by atoms with van der Waals surface area (Å²) in [7, 11) is 0. The maximum Gasteiger partial charge on any atom is 0.293 e. The van der Waals surface area contributed by atoms with Crippen molar-refractivity contribution >= 4 is 17.4 Å². The molecular weight excluding hydrogens is 267 g/mol. The van der Waals surface area contributed by atoms with Gasteiger partial charge in [-0.1, -0.05) is 5.16 Å². The topological polar surface area (TPSA) is 114 Å². The largest absolute Gasteiger partial charge is 0.438 e. The van der Waals surface area contributed by atoms with Gasteiger partial charge in [0.05, 0.1) is 11.3 Å². The lowest BCUT2D eigenvalue weighted by Gasteiger charge is -2.06. The van der Waals surface area contributed by atoms with E-state index in [2.05, 4.69) is 15.5 Å². The Labute approximate surface area is 112 Å². The summed E-state index contributed by atoms with van der Waals surface area (Å²) in [5, 5.41) is 13.8. The number of aromatic nitrogens is 1. The zero-order valence-corrected chi connectivity index (χ0v) is 10.4. The molecule has 8 heteroatoms. The Balaban J connectivity index is 2.27. The summed E-state index contributed by atoms with van der Waals surface area (Å²) < 4.78 is 18.4. The number of amides is 1. The molecule has 104 valence electrons. The molecule has 0 aliphatic rings. The standard InChI is InChI=1S/C12H11FN4O3/c1-6-10(20-5-15-6)12(18)16-7-2-3-9(13)8(4-7)11(14)17-19/h2-5,19H,1H3,(H2,14,17)(H,16,18). The lowest BCUT2D eigenvalue weighted by Crippen LogP contribution is -2.17. The van der Waals surface area contributed by atoms with Crippen LogP contribution in [0, 0.1) is 12.7 Å². The van der Waals surface area contributed by atoms with E-state index in [0.29, 0.717) is 5.69 Å². The first-order chi connectivity index (χ1) is 9.52. The van der Waals surface area contributed by atoms with Crippen molar-refractivity contribution in [1.29, 1.82) is 0 Å². The quantitative estimate of drug-likeness (QED) is 0.340. The van der Waals surface area contributed by atoms with Gasteiger partial charge in [-0.15, -0.1) is 0 Å². The summed E-state index contributed by atoms with van der Waals surface area (Å²) in [6.07, 6.45) is 1.15. The van der Waals surface area contributed by atoms with Crippen LogP contribution in [0.5, 0.6) is 0 Å². The molecule has 1 aromatic heterocycles. The summed E-state index contributed by atoms with van der Waals surface area (Å²) in [6, 6.07) is 3.68. The molecule has 0 fully saturated rings. The summed E-state index contributed by atoms with van der Waals surface area (Å²) >= 11 is 0. The first-order valence-electron chi connectivity index (χ1n) is 5.52. The Morgan fingerprint density at radius 2 is 2.30 bits per heavy atom. The van der Waals surface area contributed by atoms with Crippen molar-refractivity contribution in [2.45, 2.75) is 6.92 Å². The van der Waals surface area contributed by atoms with E-state index in [4.69, 9.17) is 15.4 Å². The number of nitrogens with two attached hydrogens (primary N) is 1. The molecule has 0 aliphatic heterocycles. The second-order valence-electron chi connectivity index (χ2n) is 3.90. The number of rotatable bonds is 3. The lowest BCUT2D eigenvalue weighted by molar-refractivity contribution is 0.0996. The van der Waals surface area contributed by atoms with Gasteiger partial charge in [0.15, 0.2) is 12.2 Å². The van der Waals surface area contributed by atoms with E-state index < -0.39 is 17.6 Å². The number of amidine groups is 1. The fourth-order valence-corrected chi connectivity index (χ4v) is 1.56. The first kappa shape index (κ1) is 13.5. The summed E-state index contributed by atoms with van der Waals surface area (Å²) in [6.45, 7) is 1.62. The number of carbonyl (C=O) groups is 1. The second kappa shape index (κ2) is 5.39. The van der Waals surface area contributed by atoms with Gasteiger partial charge in [0.1, 0.15) is 5.82 Å². The fraction of sp³-hybridized carbons (Fsp3) is 0.0833. The Bertz CT molecular complexity index is 681. The van der Waals surface area contributed by atoms with Gasteiger partial charge < -0.3 is 20.7 Å². The molecule has 0 bridgehead atoms. The monoisotopic (exact) mass is 278 g/mol. The molecule has 1 aromatic carbocycles. The third-order valence-electron chi connectivity index (χ3n) is 2.56. The third-order valence-corrected chi connectivity index (χ3v) is 2.56. The minimum Gasteiger partial charge on any atom is -0.438 e. The zero-order chi connectivity index (χ0) is 14.7. The van der Waals surface area contributed by atoms with E-state index in [1.807, 2.05) is 0 Å².